The van der Waals surface area contributed by atoms with E-state index in [1.807, 2.05) is 27.7 Å². The summed E-state index contributed by atoms with van der Waals surface area (Å²) in [6.07, 6.45) is 19.9. The fraction of sp³-hybridized carbons (Fsp3) is 0.368. The molecule has 0 N–H and O–H groups in total. The molecule has 3 rings (SSSR count). The smallest absolute Gasteiger partial charge is 0.0485 e. The highest BCUT2D eigenvalue weighted by Gasteiger charge is 2.15. The molecule has 0 atom stereocenters. The predicted molar refractivity (Wildman–Crippen MR) is 93.5 cm³/mol. The van der Waals surface area contributed by atoms with Crippen molar-refractivity contribution in [3.63, 3.8) is 0 Å². The summed E-state index contributed by atoms with van der Waals surface area (Å²) in [6, 6.07) is 0. The molecule has 0 saturated heterocycles. The summed E-state index contributed by atoms with van der Waals surface area (Å²) in [5.74, 6) is 0. The first-order chi connectivity index (χ1) is 9.88. The highest BCUT2D eigenvalue weighted by atomic mass is 15.0. The maximum Gasteiger partial charge on any atom is 0.0485 e. The van der Waals surface area contributed by atoms with Gasteiger partial charge in [0.25, 0.3) is 0 Å². The molecule has 1 heterocycles. The predicted octanol–water partition coefficient (Wildman–Crippen LogP) is 5.94. The van der Waals surface area contributed by atoms with Gasteiger partial charge in [-0.25, -0.2) is 0 Å². The topological polar surface area (TPSA) is 4.93 Å². The van der Waals surface area contributed by atoms with Gasteiger partial charge >= 0.3 is 0 Å². The van der Waals surface area contributed by atoms with Gasteiger partial charge in [-0.2, -0.15) is 0 Å². The molecule has 1 nitrogen and oxygen atoms in total. The Morgan fingerprint density at radius 3 is 1.40 bits per heavy atom. The Morgan fingerprint density at radius 2 is 1.00 bits per heavy atom. The van der Waals surface area contributed by atoms with Crippen molar-refractivity contribution in [2.45, 2.75) is 40.5 Å². The minimum atomic E-state index is 1.03. The molecule has 2 aliphatic carbocycles. The van der Waals surface area contributed by atoms with E-state index in [-0.39, 0.29) is 0 Å². The van der Waals surface area contributed by atoms with Gasteiger partial charge < -0.3 is 4.57 Å². The second-order valence-electron chi connectivity index (χ2n) is 4.24. The molecule has 0 amide bonds. The Bertz CT molecular complexity index is 489. The van der Waals surface area contributed by atoms with Crippen LogP contribution in [0, 0.1) is 0 Å². The van der Waals surface area contributed by atoms with E-state index in [0.29, 0.717) is 0 Å². The van der Waals surface area contributed by atoms with Gasteiger partial charge in [0.05, 0.1) is 0 Å². The van der Waals surface area contributed by atoms with Gasteiger partial charge in [-0.05, 0) is 25.0 Å². The lowest BCUT2D eigenvalue weighted by molar-refractivity contribution is 0.900. The van der Waals surface area contributed by atoms with E-state index in [1.165, 1.54) is 22.5 Å². The summed E-state index contributed by atoms with van der Waals surface area (Å²) >= 11 is 0. The van der Waals surface area contributed by atoms with Crippen molar-refractivity contribution in [1.29, 1.82) is 0 Å². The van der Waals surface area contributed by atoms with E-state index in [0.717, 1.165) is 12.8 Å². The minimum absolute atomic E-state index is 1.03. The zero-order valence-electron chi connectivity index (χ0n) is 13.5. The largest absolute Gasteiger partial charge is 0.344 e. The zero-order chi connectivity index (χ0) is 15.0. The molecule has 1 aromatic rings. The Kier molecular flexibility index (Phi) is 6.86. The molecular formula is C19H27N. The van der Waals surface area contributed by atoms with Gasteiger partial charge in [0.2, 0.25) is 0 Å². The first kappa shape index (κ1) is 16.3. The van der Waals surface area contributed by atoms with Crippen LogP contribution in [0.5, 0.6) is 0 Å². The van der Waals surface area contributed by atoms with Crippen molar-refractivity contribution in [2.24, 2.45) is 7.05 Å². The van der Waals surface area contributed by atoms with Crippen LogP contribution in [-0.4, -0.2) is 4.57 Å². The average Bonchev–Trinajstić information content (AvgIpc) is 2.80. The summed E-state index contributed by atoms with van der Waals surface area (Å²) in [6.45, 7) is 8.00. The van der Waals surface area contributed by atoms with Crippen LogP contribution in [0.1, 0.15) is 63.1 Å². The first-order valence-electron chi connectivity index (χ1n) is 7.77. The second kappa shape index (κ2) is 8.42. The summed E-state index contributed by atoms with van der Waals surface area (Å²) in [7, 11) is 2.14. The van der Waals surface area contributed by atoms with E-state index >= 15 is 0 Å². The molecule has 1 aromatic heterocycles. The quantitative estimate of drug-likeness (QED) is 0.549. The van der Waals surface area contributed by atoms with Gasteiger partial charge in [0.15, 0.2) is 0 Å². The van der Waals surface area contributed by atoms with Gasteiger partial charge in [-0.15, -0.1) is 0 Å². The average molecular weight is 269 g/mol. The van der Waals surface area contributed by atoms with Crippen molar-refractivity contribution >= 4 is 24.3 Å². The highest BCUT2D eigenvalue weighted by molar-refractivity contribution is 5.81. The third kappa shape index (κ3) is 3.22. The molecule has 0 bridgehead atoms. The number of hydrogen-bond acceptors (Lipinski definition) is 0. The summed E-state index contributed by atoms with van der Waals surface area (Å²) in [5, 5.41) is 0. The molecular weight excluding hydrogens is 242 g/mol. The molecule has 20 heavy (non-hydrogen) atoms. The molecule has 2 aliphatic rings. The third-order valence-electron chi connectivity index (χ3n) is 3.23. The lowest BCUT2D eigenvalue weighted by Gasteiger charge is -2.00. The number of rotatable bonds is 0. The number of aromatic nitrogens is 1. The molecule has 0 aliphatic heterocycles. The standard InChI is InChI=1S/C15H15N.2C2H6/c1-16-14-10-6-2-4-8-12(14)13-9-5-3-7-11-15(13)16;2*1-2/h4-11H,2-3H2,1H3;2*1-2H3. The van der Waals surface area contributed by atoms with E-state index in [9.17, 15) is 0 Å². The SMILES string of the molecule is CC.CC.Cn1c2c(c3c1C=CCC=C3)C=CCC=C2. The Morgan fingerprint density at radius 1 is 0.650 bits per heavy atom. The maximum absolute atomic E-state index is 2.28. The van der Waals surface area contributed by atoms with Gasteiger partial charge in [-0.3, -0.25) is 0 Å². The lowest BCUT2D eigenvalue weighted by Crippen LogP contribution is -1.93. The zero-order valence-corrected chi connectivity index (χ0v) is 13.5. The fourth-order valence-corrected chi connectivity index (χ4v) is 2.41. The van der Waals surface area contributed by atoms with Crippen molar-refractivity contribution in [2.75, 3.05) is 0 Å². The lowest BCUT2D eigenvalue weighted by atomic mass is 10.1. The van der Waals surface area contributed by atoms with Crippen LogP contribution in [0.15, 0.2) is 24.3 Å². The number of fused-ring (bicyclic) bond motifs is 3. The molecule has 108 valence electrons. The van der Waals surface area contributed by atoms with Gasteiger partial charge in [0.1, 0.15) is 0 Å². The second-order valence-corrected chi connectivity index (χ2v) is 4.24. The van der Waals surface area contributed by atoms with Crippen LogP contribution >= 0.6 is 0 Å². The van der Waals surface area contributed by atoms with E-state index in [4.69, 9.17) is 0 Å². The summed E-state index contributed by atoms with van der Waals surface area (Å²) in [4.78, 5) is 0. The molecule has 0 spiro atoms. The Labute approximate surface area is 124 Å². The molecule has 0 unspecified atom stereocenters. The first-order valence-corrected chi connectivity index (χ1v) is 7.77. The fourth-order valence-electron chi connectivity index (χ4n) is 2.41. The maximum atomic E-state index is 2.28. The van der Waals surface area contributed by atoms with Crippen molar-refractivity contribution < 1.29 is 0 Å². The van der Waals surface area contributed by atoms with Gasteiger partial charge in [0, 0.05) is 29.6 Å². The van der Waals surface area contributed by atoms with E-state index in [2.05, 4.69) is 60.2 Å². The molecule has 0 fully saturated rings. The number of hydrogen-bond donors (Lipinski definition) is 0. The van der Waals surface area contributed by atoms with Crippen LogP contribution in [0.3, 0.4) is 0 Å². The summed E-state index contributed by atoms with van der Waals surface area (Å²) < 4.78 is 2.28. The minimum Gasteiger partial charge on any atom is -0.344 e. The van der Waals surface area contributed by atoms with Gasteiger partial charge in [-0.1, -0.05) is 64.2 Å². The van der Waals surface area contributed by atoms with Crippen molar-refractivity contribution in [3.8, 4) is 0 Å². The third-order valence-corrected chi connectivity index (χ3v) is 3.23. The van der Waals surface area contributed by atoms with Crippen LogP contribution < -0.4 is 0 Å². The van der Waals surface area contributed by atoms with Crippen molar-refractivity contribution in [1.82, 2.24) is 4.57 Å². The van der Waals surface area contributed by atoms with E-state index in [1.54, 1.807) is 0 Å². The van der Waals surface area contributed by atoms with Crippen LogP contribution in [0.4, 0.5) is 0 Å². The monoisotopic (exact) mass is 269 g/mol. The van der Waals surface area contributed by atoms with Crippen LogP contribution in [-0.2, 0) is 7.05 Å². The Hall–Kier alpha value is -1.76. The van der Waals surface area contributed by atoms with Crippen molar-refractivity contribution in [3.05, 3.63) is 46.8 Å². The molecule has 0 radical (unpaired) electrons. The molecule has 1 heteroatoms. The molecule has 0 aromatic carbocycles. The summed E-state index contributed by atoms with van der Waals surface area (Å²) in [5.41, 5.74) is 5.34. The normalized spacial score (nSPS) is 14.1. The van der Waals surface area contributed by atoms with Crippen LogP contribution in [0.2, 0.25) is 0 Å². The molecule has 0 saturated carbocycles. The van der Waals surface area contributed by atoms with Crippen LogP contribution in [0.25, 0.3) is 24.3 Å². The number of nitrogens with zero attached hydrogens (tertiary/aromatic N) is 1. The highest BCUT2D eigenvalue weighted by Crippen LogP contribution is 2.30. The van der Waals surface area contributed by atoms with E-state index < -0.39 is 0 Å². The Balaban J connectivity index is 0.000000461. The number of allylic oxidation sites excluding steroid dienone is 4.